The molecule has 1 heterocycles. The Hall–Kier alpha value is -1.77. The average Bonchev–Trinajstić information content (AvgIpc) is 2.85. The van der Waals surface area contributed by atoms with Gasteiger partial charge in [0.05, 0.1) is 16.2 Å². The summed E-state index contributed by atoms with van der Waals surface area (Å²) in [4.78, 5) is 12.2. The van der Waals surface area contributed by atoms with Gasteiger partial charge >= 0.3 is 0 Å². The van der Waals surface area contributed by atoms with Gasteiger partial charge in [0.1, 0.15) is 0 Å². The van der Waals surface area contributed by atoms with Crippen molar-refractivity contribution in [2.75, 3.05) is 11.9 Å². The normalized spacial score (nSPS) is 11.3. The van der Waals surface area contributed by atoms with E-state index in [-0.39, 0.29) is 10.8 Å². The minimum absolute atomic E-state index is 0.163. The largest absolute Gasteiger partial charge is 0.322 e. The highest BCUT2D eigenvalue weighted by molar-refractivity contribution is 7.89. The van der Waals surface area contributed by atoms with Gasteiger partial charge in [0.25, 0.3) is 5.91 Å². The van der Waals surface area contributed by atoms with E-state index in [1.54, 1.807) is 31.4 Å². The molecule has 8 heteroatoms. The molecule has 2 N–H and O–H groups in total. The Kier molecular flexibility index (Phi) is 4.71. The number of anilines is 1. The number of sulfonamides is 1. The van der Waals surface area contributed by atoms with Crippen LogP contribution >= 0.6 is 11.5 Å². The number of carbonyl (C=O) groups excluding carboxylic acids is 1. The molecule has 2 rings (SSSR count). The minimum atomic E-state index is -3.48. The molecule has 0 spiro atoms. The molecule has 1 aromatic heterocycles. The number of benzene rings is 1. The quantitative estimate of drug-likeness (QED) is 0.880. The molecular formula is C13H15N3O3S2. The maximum atomic E-state index is 12.0. The van der Waals surface area contributed by atoms with Crippen LogP contribution < -0.4 is 10.0 Å². The molecule has 0 aliphatic carbocycles. The Labute approximate surface area is 127 Å². The average molecular weight is 325 g/mol. The number of aryl methyl sites for hydroxylation is 1. The summed E-state index contributed by atoms with van der Waals surface area (Å²) in [7, 11) is -3.48. The van der Waals surface area contributed by atoms with Crippen molar-refractivity contribution in [2.24, 2.45) is 0 Å². The first-order valence-corrected chi connectivity index (χ1v) is 8.58. The van der Waals surface area contributed by atoms with Crippen molar-refractivity contribution in [1.82, 2.24) is 9.10 Å². The summed E-state index contributed by atoms with van der Waals surface area (Å²) < 4.78 is 30.0. The van der Waals surface area contributed by atoms with Gasteiger partial charge < -0.3 is 5.32 Å². The van der Waals surface area contributed by atoms with Gasteiger partial charge in [-0.05, 0) is 42.7 Å². The SMILES string of the molecule is CCNS(=O)(=O)c1ccc(NC(=O)c2csnc2C)cc1. The van der Waals surface area contributed by atoms with E-state index in [1.165, 1.54) is 23.7 Å². The highest BCUT2D eigenvalue weighted by atomic mass is 32.2. The van der Waals surface area contributed by atoms with Gasteiger partial charge in [-0.15, -0.1) is 0 Å². The molecule has 0 unspecified atom stereocenters. The fourth-order valence-electron chi connectivity index (χ4n) is 1.70. The first kappa shape index (κ1) is 15.6. The van der Waals surface area contributed by atoms with Crippen molar-refractivity contribution in [3.05, 3.63) is 40.9 Å². The molecule has 1 aromatic carbocycles. The van der Waals surface area contributed by atoms with E-state index in [0.717, 1.165) is 0 Å². The molecule has 1 amide bonds. The Morgan fingerprint density at radius 3 is 2.48 bits per heavy atom. The lowest BCUT2D eigenvalue weighted by molar-refractivity contribution is 0.102. The molecule has 2 aromatic rings. The third kappa shape index (κ3) is 3.66. The van der Waals surface area contributed by atoms with Crippen LogP contribution in [0.3, 0.4) is 0 Å². The van der Waals surface area contributed by atoms with Crippen LogP contribution in [0.1, 0.15) is 23.0 Å². The standard InChI is InChI=1S/C13H15N3O3S2/c1-3-14-21(18,19)11-6-4-10(5-7-11)15-13(17)12-8-20-16-9(12)2/h4-8,14H,3H2,1-2H3,(H,15,17). The van der Waals surface area contributed by atoms with Gasteiger partial charge in [0.15, 0.2) is 0 Å². The van der Waals surface area contributed by atoms with Crippen molar-refractivity contribution in [2.45, 2.75) is 18.7 Å². The van der Waals surface area contributed by atoms with Crippen LogP contribution in [0.4, 0.5) is 5.69 Å². The first-order chi connectivity index (χ1) is 9.94. The number of amides is 1. The van der Waals surface area contributed by atoms with E-state index in [0.29, 0.717) is 23.5 Å². The van der Waals surface area contributed by atoms with Gasteiger partial charge in [-0.2, -0.15) is 4.37 Å². The highest BCUT2D eigenvalue weighted by Gasteiger charge is 2.14. The summed E-state index contributed by atoms with van der Waals surface area (Å²) in [5.74, 6) is -0.261. The van der Waals surface area contributed by atoms with Crippen molar-refractivity contribution < 1.29 is 13.2 Å². The topological polar surface area (TPSA) is 88.2 Å². The zero-order valence-electron chi connectivity index (χ0n) is 11.6. The fourth-order valence-corrected chi connectivity index (χ4v) is 3.43. The second kappa shape index (κ2) is 6.33. The van der Waals surface area contributed by atoms with E-state index in [4.69, 9.17) is 0 Å². The Balaban J connectivity index is 2.13. The Morgan fingerprint density at radius 2 is 1.95 bits per heavy atom. The van der Waals surface area contributed by atoms with E-state index < -0.39 is 10.0 Å². The number of carbonyl (C=O) groups is 1. The molecule has 112 valence electrons. The first-order valence-electron chi connectivity index (χ1n) is 6.26. The molecule has 0 saturated heterocycles. The molecule has 0 bridgehead atoms. The van der Waals surface area contributed by atoms with Crippen LogP contribution in [0.2, 0.25) is 0 Å². The highest BCUT2D eigenvalue weighted by Crippen LogP contribution is 2.16. The van der Waals surface area contributed by atoms with Crippen LogP contribution in [0.5, 0.6) is 0 Å². The van der Waals surface area contributed by atoms with Crippen LogP contribution in [0.15, 0.2) is 34.5 Å². The van der Waals surface area contributed by atoms with E-state index in [1.807, 2.05) is 0 Å². The summed E-state index contributed by atoms with van der Waals surface area (Å²) in [5, 5.41) is 4.38. The third-order valence-corrected chi connectivity index (χ3v) is 5.03. The molecule has 0 aliphatic heterocycles. The number of rotatable bonds is 5. The van der Waals surface area contributed by atoms with E-state index >= 15 is 0 Å². The van der Waals surface area contributed by atoms with E-state index in [2.05, 4.69) is 14.4 Å². The predicted octanol–water partition coefficient (Wildman–Crippen LogP) is 2.00. The molecule has 0 atom stereocenters. The Bertz CT molecular complexity index is 736. The van der Waals surface area contributed by atoms with Gasteiger partial charge in [-0.3, -0.25) is 4.79 Å². The zero-order valence-corrected chi connectivity index (χ0v) is 13.2. The molecule has 0 radical (unpaired) electrons. The number of aromatic nitrogens is 1. The number of nitrogens with zero attached hydrogens (tertiary/aromatic N) is 1. The van der Waals surface area contributed by atoms with Gasteiger partial charge in [-0.25, -0.2) is 13.1 Å². The number of nitrogens with one attached hydrogen (secondary N) is 2. The second-order valence-electron chi connectivity index (χ2n) is 4.29. The molecular weight excluding hydrogens is 310 g/mol. The van der Waals surface area contributed by atoms with Crippen molar-refractivity contribution >= 4 is 33.2 Å². The van der Waals surface area contributed by atoms with Crippen LogP contribution in [0, 0.1) is 6.92 Å². The van der Waals surface area contributed by atoms with Crippen molar-refractivity contribution in [1.29, 1.82) is 0 Å². The lowest BCUT2D eigenvalue weighted by atomic mass is 10.2. The smallest absolute Gasteiger partial charge is 0.258 e. The van der Waals surface area contributed by atoms with E-state index in [9.17, 15) is 13.2 Å². The fraction of sp³-hybridized carbons (Fsp3) is 0.231. The minimum Gasteiger partial charge on any atom is -0.322 e. The number of hydrogen-bond acceptors (Lipinski definition) is 5. The second-order valence-corrected chi connectivity index (χ2v) is 6.69. The lowest BCUT2D eigenvalue weighted by Gasteiger charge is -2.07. The molecule has 0 saturated carbocycles. The summed E-state index contributed by atoms with van der Waals surface area (Å²) in [6.07, 6.45) is 0. The summed E-state index contributed by atoms with van der Waals surface area (Å²) >= 11 is 1.22. The third-order valence-electron chi connectivity index (χ3n) is 2.75. The van der Waals surface area contributed by atoms with Crippen LogP contribution in [-0.4, -0.2) is 25.2 Å². The molecule has 0 aliphatic rings. The number of hydrogen-bond donors (Lipinski definition) is 2. The zero-order chi connectivity index (χ0) is 15.5. The van der Waals surface area contributed by atoms with Crippen LogP contribution in [-0.2, 0) is 10.0 Å². The maximum Gasteiger partial charge on any atom is 0.258 e. The van der Waals surface area contributed by atoms with Gasteiger partial charge in [0, 0.05) is 17.6 Å². The monoisotopic (exact) mass is 325 g/mol. The van der Waals surface area contributed by atoms with Gasteiger partial charge in [0.2, 0.25) is 10.0 Å². The summed E-state index contributed by atoms with van der Waals surface area (Å²) in [6, 6.07) is 6.01. The molecule has 6 nitrogen and oxygen atoms in total. The molecule has 0 fully saturated rings. The van der Waals surface area contributed by atoms with Gasteiger partial charge in [-0.1, -0.05) is 6.92 Å². The summed E-state index contributed by atoms with van der Waals surface area (Å²) in [6.45, 7) is 3.80. The maximum absolute atomic E-state index is 12.0. The molecule has 21 heavy (non-hydrogen) atoms. The van der Waals surface area contributed by atoms with Crippen molar-refractivity contribution in [3.63, 3.8) is 0 Å². The van der Waals surface area contributed by atoms with Crippen molar-refractivity contribution in [3.8, 4) is 0 Å². The predicted molar refractivity (Wildman–Crippen MR) is 82.1 cm³/mol. The summed E-state index contributed by atoms with van der Waals surface area (Å²) in [5.41, 5.74) is 1.72. The Morgan fingerprint density at radius 1 is 1.29 bits per heavy atom. The van der Waals surface area contributed by atoms with Crippen LogP contribution in [0.25, 0.3) is 0 Å². The lowest BCUT2D eigenvalue weighted by Crippen LogP contribution is -2.23.